The standard InChI is InChI=1S/C14H21Br2N/c1-3-5-6-14(17-7-4-2)11-8-12(15)10-13(16)9-11/h8-10,14,17H,3-7H2,1-2H3. The lowest BCUT2D eigenvalue weighted by molar-refractivity contribution is 0.481. The van der Waals surface area contributed by atoms with Gasteiger partial charge in [-0.2, -0.15) is 0 Å². The molecule has 1 rings (SSSR count). The Hall–Kier alpha value is 0.140. The van der Waals surface area contributed by atoms with Crippen LogP contribution in [0.15, 0.2) is 27.1 Å². The minimum atomic E-state index is 0.476. The highest BCUT2D eigenvalue weighted by Crippen LogP contribution is 2.27. The van der Waals surface area contributed by atoms with E-state index in [2.05, 4.69) is 69.2 Å². The number of unbranched alkanes of at least 4 members (excludes halogenated alkanes) is 1. The Bertz CT molecular complexity index is 311. The zero-order chi connectivity index (χ0) is 12.7. The number of benzene rings is 1. The van der Waals surface area contributed by atoms with Crippen molar-refractivity contribution in [3.05, 3.63) is 32.7 Å². The molecule has 0 bridgehead atoms. The van der Waals surface area contributed by atoms with Gasteiger partial charge in [0.05, 0.1) is 0 Å². The van der Waals surface area contributed by atoms with Crippen LogP contribution in [0.1, 0.15) is 51.1 Å². The maximum absolute atomic E-state index is 3.63. The number of halogens is 2. The van der Waals surface area contributed by atoms with Crippen LogP contribution in [-0.2, 0) is 0 Å². The summed E-state index contributed by atoms with van der Waals surface area (Å²) in [5, 5.41) is 3.63. The average Bonchev–Trinajstić information content (AvgIpc) is 2.28. The monoisotopic (exact) mass is 361 g/mol. The second-order valence-electron chi connectivity index (χ2n) is 4.35. The summed E-state index contributed by atoms with van der Waals surface area (Å²) in [5.74, 6) is 0. The molecule has 3 heteroatoms. The molecule has 0 aromatic heterocycles. The maximum atomic E-state index is 3.63. The van der Waals surface area contributed by atoms with Crippen molar-refractivity contribution in [3.8, 4) is 0 Å². The fraction of sp³-hybridized carbons (Fsp3) is 0.571. The zero-order valence-corrected chi connectivity index (χ0v) is 13.8. The SMILES string of the molecule is CCCCC(NCCC)c1cc(Br)cc(Br)c1. The molecule has 0 radical (unpaired) electrons. The van der Waals surface area contributed by atoms with Gasteiger partial charge in [0.1, 0.15) is 0 Å². The van der Waals surface area contributed by atoms with Crippen molar-refractivity contribution in [2.75, 3.05) is 6.54 Å². The first-order chi connectivity index (χ1) is 8.17. The van der Waals surface area contributed by atoms with Gasteiger partial charge in [-0.05, 0) is 43.1 Å². The lowest BCUT2D eigenvalue weighted by Crippen LogP contribution is -2.22. The molecule has 1 atom stereocenters. The minimum Gasteiger partial charge on any atom is -0.310 e. The van der Waals surface area contributed by atoms with E-state index in [0.29, 0.717) is 6.04 Å². The summed E-state index contributed by atoms with van der Waals surface area (Å²) in [4.78, 5) is 0. The fourth-order valence-corrected chi connectivity index (χ4v) is 3.22. The van der Waals surface area contributed by atoms with Crippen LogP contribution in [0.5, 0.6) is 0 Å². The Morgan fingerprint density at radius 3 is 2.24 bits per heavy atom. The van der Waals surface area contributed by atoms with Crippen LogP contribution < -0.4 is 5.32 Å². The molecule has 0 aliphatic rings. The van der Waals surface area contributed by atoms with Gasteiger partial charge in [0.25, 0.3) is 0 Å². The molecule has 0 heterocycles. The predicted octanol–water partition coefficient (Wildman–Crippen LogP) is 5.44. The molecule has 96 valence electrons. The average molecular weight is 363 g/mol. The highest BCUT2D eigenvalue weighted by molar-refractivity contribution is 9.11. The van der Waals surface area contributed by atoms with Crippen LogP contribution in [0.3, 0.4) is 0 Å². The van der Waals surface area contributed by atoms with E-state index >= 15 is 0 Å². The van der Waals surface area contributed by atoms with Gasteiger partial charge < -0.3 is 5.32 Å². The van der Waals surface area contributed by atoms with E-state index in [0.717, 1.165) is 15.5 Å². The third-order valence-electron chi connectivity index (χ3n) is 2.77. The summed E-state index contributed by atoms with van der Waals surface area (Å²) < 4.78 is 2.28. The van der Waals surface area contributed by atoms with E-state index < -0.39 is 0 Å². The van der Waals surface area contributed by atoms with Crippen LogP contribution in [0, 0.1) is 0 Å². The van der Waals surface area contributed by atoms with Crippen molar-refractivity contribution < 1.29 is 0 Å². The number of rotatable bonds is 7. The Labute approximate surface area is 122 Å². The molecular weight excluding hydrogens is 342 g/mol. The Morgan fingerprint density at radius 2 is 1.71 bits per heavy atom. The zero-order valence-electron chi connectivity index (χ0n) is 10.6. The Kier molecular flexibility index (Phi) is 7.40. The van der Waals surface area contributed by atoms with Gasteiger partial charge in [0.15, 0.2) is 0 Å². The van der Waals surface area contributed by atoms with E-state index in [1.165, 1.54) is 31.2 Å². The Morgan fingerprint density at radius 1 is 1.06 bits per heavy atom. The molecule has 0 aliphatic heterocycles. The van der Waals surface area contributed by atoms with Crippen molar-refractivity contribution >= 4 is 31.9 Å². The molecule has 0 amide bonds. The fourth-order valence-electron chi connectivity index (χ4n) is 1.89. The second-order valence-corrected chi connectivity index (χ2v) is 6.18. The van der Waals surface area contributed by atoms with Gasteiger partial charge >= 0.3 is 0 Å². The van der Waals surface area contributed by atoms with Gasteiger partial charge in [0.2, 0.25) is 0 Å². The topological polar surface area (TPSA) is 12.0 Å². The lowest BCUT2D eigenvalue weighted by atomic mass is 10.0. The summed E-state index contributed by atoms with van der Waals surface area (Å²) in [7, 11) is 0. The molecule has 1 N–H and O–H groups in total. The highest BCUT2D eigenvalue weighted by atomic mass is 79.9. The first-order valence-corrected chi connectivity index (χ1v) is 7.95. The molecule has 1 aromatic rings. The van der Waals surface area contributed by atoms with Gasteiger partial charge in [-0.1, -0.05) is 58.5 Å². The first-order valence-electron chi connectivity index (χ1n) is 6.36. The van der Waals surface area contributed by atoms with Crippen molar-refractivity contribution in [1.82, 2.24) is 5.32 Å². The predicted molar refractivity (Wildman–Crippen MR) is 82.4 cm³/mol. The third-order valence-corrected chi connectivity index (χ3v) is 3.69. The molecule has 0 saturated heterocycles. The summed E-state index contributed by atoms with van der Waals surface area (Å²) >= 11 is 7.12. The van der Waals surface area contributed by atoms with E-state index in [1.807, 2.05) is 0 Å². The van der Waals surface area contributed by atoms with E-state index in [4.69, 9.17) is 0 Å². The molecule has 17 heavy (non-hydrogen) atoms. The van der Waals surface area contributed by atoms with E-state index in [-0.39, 0.29) is 0 Å². The van der Waals surface area contributed by atoms with Gasteiger partial charge in [-0.25, -0.2) is 0 Å². The molecule has 1 aromatic carbocycles. The summed E-state index contributed by atoms with van der Waals surface area (Å²) in [6.07, 6.45) is 4.90. The summed E-state index contributed by atoms with van der Waals surface area (Å²) in [6.45, 7) is 5.53. The van der Waals surface area contributed by atoms with E-state index in [1.54, 1.807) is 0 Å². The van der Waals surface area contributed by atoms with Crippen LogP contribution >= 0.6 is 31.9 Å². The lowest BCUT2D eigenvalue weighted by Gasteiger charge is -2.19. The first kappa shape index (κ1) is 15.2. The van der Waals surface area contributed by atoms with Crippen molar-refractivity contribution in [3.63, 3.8) is 0 Å². The largest absolute Gasteiger partial charge is 0.310 e. The highest BCUT2D eigenvalue weighted by Gasteiger charge is 2.11. The van der Waals surface area contributed by atoms with Gasteiger partial charge in [-0.15, -0.1) is 0 Å². The quantitative estimate of drug-likeness (QED) is 0.680. The molecule has 0 fully saturated rings. The maximum Gasteiger partial charge on any atom is 0.0321 e. The van der Waals surface area contributed by atoms with Crippen LogP contribution in [0.4, 0.5) is 0 Å². The molecular formula is C14H21Br2N. The Balaban J connectivity index is 2.78. The minimum absolute atomic E-state index is 0.476. The van der Waals surface area contributed by atoms with Gasteiger partial charge in [-0.3, -0.25) is 0 Å². The number of hydrogen-bond donors (Lipinski definition) is 1. The summed E-state index contributed by atoms with van der Waals surface area (Å²) in [6, 6.07) is 6.99. The van der Waals surface area contributed by atoms with Crippen LogP contribution in [-0.4, -0.2) is 6.54 Å². The normalized spacial score (nSPS) is 12.7. The van der Waals surface area contributed by atoms with Crippen molar-refractivity contribution in [2.45, 2.75) is 45.6 Å². The van der Waals surface area contributed by atoms with Crippen LogP contribution in [0.25, 0.3) is 0 Å². The number of hydrogen-bond acceptors (Lipinski definition) is 1. The second kappa shape index (κ2) is 8.28. The number of nitrogens with one attached hydrogen (secondary N) is 1. The summed E-state index contributed by atoms with van der Waals surface area (Å²) in [5.41, 5.74) is 1.37. The molecule has 1 nitrogen and oxygen atoms in total. The van der Waals surface area contributed by atoms with Crippen LogP contribution in [0.2, 0.25) is 0 Å². The van der Waals surface area contributed by atoms with Crippen molar-refractivity contribution in [2.24, 2.45) is 0 Å². The molecule has 0 aliphatic carbocycles. The molecule has 0 saturated carbocycles. The van der Waals surface area contributed by atoms with E-state index in [9.17, 15) is 0 Å². The smallest absolute Gasteiger partial charge is 0.0321 e. The molecule has 0 spiro atoms. The third kappa shape index (κ3) is 5.54. The molecule has 1 unspecified atom stereocenters. The van der Waals surface area contributed by atoms with Gasteiger partial charge in [0, 0.05) is 15.0 Å². The van der Waals surface area contributed by atoms with Crippen molar-refractivity contribution in [1.29, 1.82) is 0 Å².